The van der Waals surface area contributed by atoms with Crippen molar-refractivity contribution in [2.75, 3.05) is 24.5 Å². The van der Waals surface area contributed by atoms with E-state index < -0.39 is 28.5 Å². The molecule has 3 aromatic rings. The fourth-order valence-corrected chi connectivity index (χ4v) is 6.22. The number of unbranched alkanes of at least 4 members (excludes halogenated alkanes) is 1. The second kappa shape index (κ2) is 15.1. The van der Waals surface area contributed by atoms with Gasteiger partial charge in [-0.3, -0.25) is 13.9 Å². The summed E-state index contributed by atoms with van der Waals surface area (Å²) in [5, 5.41) is 3.34. The smallest absolute Gasteiger partial charge is 0.264 e. The second-order valence-electron chi connectivity index (χ2n) is 9.39. The van der Waals surface area contributed by atoms with E-state index in [-0.39, 0.29) is 33.1 Å². The van der Waals surface area contributed by atoms with Crippen LogP contribution in [0, 0.1) is 0 Å². The number of carbonyl (C=O) groups is 2. The molecule has 2 amide bonds. The predicted molar refractivity (Wildman–Crippen MR) is 163 cm³/mol. The first-order chi connectivity index (χ1) is 19.6. The molecule has 0 saturated heterocycles. The summed E-state index contributed by atoms with van der Waals surface area (Å²) in [6, 6.07) is 18.4. The van der Waals surface area contributed by atoms with Crippen LogP contribution in [0.15, 0.2) is 77.7 Å². The van der Waals surface area contributed by atoms with Crippen LogP contribution in [-0.2, 0) is 26.2 Å². The molecule has 0 saturated carbocycles. The van der Waals surface area contributed by atoms with E-state index >= 15 is 0 Å². The lowest BCUT2D eigenvalue weighted by molar-refractivity contribution is -0.140. The zero-order chi connectivity index (χ0) is 30.0. The number of benzene rings is 3. The molecule has 0 aliphatic rings. The molecule has 3 rings (SSSR count). The van der Waals surface area contributed by atoms with E-state index in [9.17, 15) is 18.0 Å². The predicted octanol–water partition coefficient (Wildman–Crippen LogP) is 5.92. The standard InChI is InChI=1S/C30H35Cl2N3O5S/c1-4-6-16-33-30(37)28(5-2)34(20-22-12-14-26(40-3)15-13-22)29(36)21-35(25-18-23(31)17-24(32)19-25)41(38,39)27-10-8-7-9-11-27/h7-15,17-19,28H,4-6,16,20-21H2,1-3H3,(H,33,37). The van der Waals surface area contributed by atoms with Crippen LogP contribution in [0.25, 0.3) is 0 Å². The highest BCUT2D eigenvalue weighted by Crippen LogP contribution is 2.30. The third-order valence-corrected chi connectivity index (χ3v) is 8.70. The third kappa shape index (κ3) is 8.61. The zero-order valence-electron chi connectivity index (χ0n) is 23.3. The zero-order valence-corrected chi connectivity index (χ0v) is 25.7. The maximum absolute atomic E-state index is 14.1. The van der Waals surface area contributed by atoms with Crippen LogP contribution in [0.2, 0.25) is 10.0 Å². The van der Waals surface area contributed by atoms with Crippen molar-refractivity contribution in [1.82, 2.24) is 10.2 Å². The summed E-state index contributed by atoms with van der Waals surface area (Å²) < 4.78 is 34.0. The number of carbonyl (C=O) groups excluding carboxylic acids is 2. The average molecular weight is 621 g/mol. The summed E-state index contributed by atoms with van der Waals surface area (Å²) in [6.07, 6.45) is 2.03. The van der Waals surface area contributed by atoms with Crippen LogP contribution in [0.4, 0.5) is 5.69 Å². The highest BCUT2D eigenvalue weighted by atomic mass is 35.5. The Bertz CT molecular complexity index is 1400. The summed E-state index contributed by atoms with van der Waals surface area (Å²) in [6.45, 7) is 3.81. The number of nitrogens with zero attached hydrogens (tertiary/aromatic N) is 2. The Labute approximate surface area is 252 Å². The van der Waals surface area contributed by atoms with E-state index in [1.54, 1.807) is 49.6 Å². The average Bonchev–Trinajstić information content (AvgIpc) is 2.96. The lowest BCUT2D eigenvalue weighted by atomic mass is 10.1. The molecular weight excluding hydrogens is 585 g/mol. The molecular formula is C30H35Cl2N3O5S. The normalized spacial score (nSPS) is 11.9. The van der Waals surface area contributed by atoms with Gasteiger partial charge in [0.15, 0.2) is 0 Å². The Morgan fingerprint density at radius 2 is 1.59 bits per heavy atom. The van der Waals surface area contributed by atoms with Crippen LogP contribution >= 0.6 is 23.2 Å². The molecule has 0 bridgehead atoms. The van der Waals surface area contributed by atoms with Crippen molar-refractivity contribution >= 4 is 50.7 Å². The molecule has 0 aliphatic heterocycles. The largest absolute Gasteiger partial charge is 0.497 e. The number of anilines is 1. The van der Waals surface area contributed by atoms with Gasteiger partial charge in [-0.2, -0.15) is 0 Å². The SMILES string of the molecule is CCCCNC(=O)C(CC)N(Cc1ccc(OC)cc1)C(=O)CN(c1cc(Cl)cc(Cl)c1)S(=O)(=O)c1ccccc1. The highest BCUT2D eigenvalue weighted by molar-refractivity contribution is 7.92. The van der Waals surface area contributed by atoms with Gasteiger partial charge in [-0.25, -0.2) is 8.42 Å². The Balaban J connectivity index is 2.05. The number of amides is 2. The van der Waals surface area contributed by atoms with E-state index in [0.717, 1.165) is 22.7 Å². The van der Waals surface area contributed by atoms with Gasteiger partial charge in [-0.1, -0.05) is 73.8 Å². The Hall–Kier alpha value is -3.27. The van der Waals surface area contributed by atoms with Crippen molar-refractivity contribution in [3.63, 3.8) is 0 Å². The van der Waals surface area contributed by atoms with Crippen molar-refractivity contribution in [3.8, 4) is 5.75 Å². The number of halogens is 2. The van der Waals surface area contributed by atoms with Gasteiger partial charge in [-0.05, 0) is 60.9 Å². The van der Waals surface area contributed by atoms with E-state index in [1.807, 2.05) is 13.8 Å². The Kier molecular flexibility index (Phi) is 11.9. The molecule has 1 N–H and O–H groups in total. The highest BCUT2D eigenvalue weighted by Gasteiger charge is 2.33. The van der Waals surface area contributed by atoms with Crippen molar-refractivity contribution < 1.29 is 22.7 Å². The summed E-state index contributed by atoms with van der Waals surface area (Å²) in [5.41, 5.74) is 0.881. The molecule has 1 atom stereocenters. The van der Waals surface area contributed by atoms with Crippen molar-refractivity contribution in [2.45, 2.75) is 50.6 Å². The van der Waals surface area contributed by atoms with Crippen LogP contribution in [0.5, 0.6) is 5.75 Å². The van der Waals surface area contributed by atoms with E-state index in [1.165, 1.54) is 35.2 Å². The summed E-state index contributed by atoms with van der Waals surface area (Å²) >= 11 is 12.5. The van der Waals surface area contributed by atoms with Crippen LogP contribution in [-0.4, -0.2) is 51.4 Å². The minimum atomic E-state index is -4.22. The molecule has 41 heavy (non-hydrogen) atoms. The van der Waals surface area contributed by atoms with Gasteiger partial charge in [-0.15, -0.1) is 0 Å². The van der Waals surface area contributed by atoms with Gasteiger partial charge in [0.1, 0.15) is 18.3 Å². The second-order valence-corrected chi connectivity index (χ2v) is 12.1. The van der Waals surface area contributed by atoms with E-state index in [0.29, 0.717) is 18.7 Å². The fraction of sp³-hybridized carbons (Fsp3) is 0.333. The molecule has 3 aromatic carbocycles. The van der Waals surface area contributed by atoms with E-state index in [4.69, 9.17) is 27.9 Å². The lowest BCUT2D eigenvalue weighted by Gasteiger charge is -2.33. The maximum atomic E-state index is 14.1. The number of ether oxygens (including phenoxy) is 1. The van der Waals surface area contributed by atoms with Crippen molar-refractivity contribution in [2.24, 2.45) is 0 Å². The van der Waals surface area contributed by atoms with Gasteiger partial charge in [0.05, 0.1) is 17.7 Å². The van der Waals surface area contributed by atoms with E-state index in [2.05, 4.69) is 5.32 Å². The molecule has 0 heterocycles. The van der Waals surface area contributed by atoms with Crippen molar-refractivity contribution in [1.29, 1.82) is 0 Å². The third-order valence-electron chi connectivity index (χ3n) is 6.47. The first-order valence-corrected chi connectivity index (χ1v) is 15.5. The monoisotopic (exact) mass is 619 g/mol. The molecule has 0 spiro atoms. The van der Waals surface area contributed by atoms with Crippen LogP contribution in [0.1, 0.15) is 38.7 Å². The summed E-state index contributed by atoms with van der Waals surface area (Å²) in [7, 11) is -2.66. The fourth-order valence-electron chi connectivity index (χ4n) is 4.29. The number of methoxy groups -OCH3 is 1. The molecule has 8 nitrogen and oxygen atoms in total. The first kappa shape index (κ1) is 32.2. The number of hydrogen-bond donors (Lipinski definition) is 1. The molecule has 0 aromatic heterocycles. The first-order valence-electron chi connectivity index (χ1n) is 13.3. The molecule has 0 aliphatic carbocycles. The molecule has 0 fully saturated rings. The lowest BCUT2D eigenvalue weighted by Crippen LogP contribution is -2.52. The van der Waals surface area contributed by atoms with Gasteiger partial charge in [0, 0.05) is 23.1 Å². The van der Waals surface area contributed by atoms with Gasteiger partial charge in [0.2, 0.25) is 11.8 Å². The molecule has 0 radical (unpaired) electrons. The van der Waals surface area contributed by atoms with Gasteiger partial charge < -0.3 is 15.0 Å². The number of nitrogens with one attached hydrogen (secondary N) is 1. The Morgan fingerprint density at radius 3 is 2.15 bits per heavy atom. The van der Waals surface area contributed by atoms with Crippen molar-refractivity contribution in [3.05, 3.63) is 88.4 Å². The van der Waals surface area contributed by atoms with Crippen LogP contribution < -0.4 is 14.4 Å². The Morgan fingerprint density at radius 1 is 0.951 bits per heavy atom. The maximum Gasteiger partial charge on any atom is 0.264 e. The minimum absolute atomic E-state index is 0.00467. The summed E-state index contributed by atoms with van der Waals surface area (Å²) in [5.74, 6) is -0.214. The number of hydrogen-bond acceptors (Lipinski definition) is 5. The quantitative estimate of drug-likeness (QED) is 0.226. The summed E-state index contributed by atoms with van der Waals surface area (Å²) in [4.78, 5) is 28.8. The minimum Gasteiger partial charge on any atom is -0.497 e. The van der Waals surface area contributed by atoms with Crippen LogP contribution in [0.3, 0.4) is 0 Å². The molecule has 1 unspecified atom stereocenters. The number of sulfonamides is 1. The van der Waals surface area contributed by atoms with Gasteiger partial charge >= 0.3 is 0 Å². The molecule has 220 valence electrons. The topological polar surface area (TPSA) is 96.0 Å². The number of rotatable bonds is 14. The van der Waals surface area contributed by atoms with Gasteiger partial charge in [0.25, 0.3) is 10.0 Å². The molecule has 11 heteroatoms.